The van der Waals surface area contributed by atoms with Gasteiger partial charge in [-0.3, -0.25) is 9.59 Å². The predicted octanol–water partition coefficient (Wildman–Crippen LogP) is 0.744. The van der Waals surface area contributed by atoms with E-state index in [0.29, 0.717) is 5.39 Å². The molecule has 12 heteroatoms. The smallest absolute Gasteiger partial charge is 0.321 e. The van der Waals surface area contributed by atoms with Crippen LogP contribution in [0.15, 0.2) is 47.4 Å². The van der Waals surface area contributed by atoms with E-state index in [1.165, 1.54) is 19.1 Å². The number of sulfonamides is 2. The van der Waals surface area contributed by atoms with Crippen molar-refractivity contribution in [2.45, 2.75) is 36.7 Å². The minimum atomic E-state index is -4.21. The summed E-state index contributed by atoms with van der Waals surface area (Å²) in [5.41, 5.74) is 0. The van der Waals surface area contributed by atoms with Crippen molar-refractivity contribution in [2.24, 2.45) is 0 Å². The molecule has 0 aliphatic heterocycles. The monoisotopic (exact) mass is 458 g/mol. The molecule has 4 N–H and O–H groups in total. The molecule has 30 heavy (non-hydrogen) atoms. The van der Waals surface area contributed by atoms with Crippen molar-refractivity contribution in [3.05, 3.63) is 42.5 Å². The van der Waals surface area contributed by atoms with E-state index in [2.05, 4.69) is 4.72 Å². The number of hydrogen-bond acceptors (Lipinski definition) is 6. The van der Waals surface area contributed by atoms with Crippen molar-refractivity contribution >= 4 is 42.8 Å². The van der Waals surface area contributed by atoms with Gasteiger partial charge in [0.1, 0.15) is 6.04 Å². The third-order valence-corrected chi connectivity index (χ3v) is 7.29. The predicted molar refractivity (Wildman–Crippen MR) is 109 cm³/mol. The highest BCUT2D eigenvalue weighted by Gasteiger charge is 2.27. The molecular formula is C18H22N2O8S2. The normalized spacial score (nSPS) is 14.3. The molecule has 2 aromatic rings. The molecule has 0 saturated heterocycles. The Morgan fingerprint density at radius 3 is 2.20 bits per heavy atom. The van der Waals surface area contributed by atoms with Gasteiger partial charge in [-0.1, -0.05) is 30.3 Å². The lowest BCUT2D eigenvalue weighted by molar-refractivity contribution is -0.140. The lowest BCUT2D eigenvalue weighted by Gasteiger charge is -2.18. The molecule has 0 amide bonds. The van der Waals surface area contributed by atoms with E-state index in [4.69, 9.17) is 10.2 Å². The van der Waals surface area contributed by atoms with E-state index in [9.17, 15) is 26.4 Å². The molecule has 0 aliphatic rings. The molecule has 0 fully saturated rings. The van der Waals surface area contributed by atoms with Crippen molar-refractivity contribution in [1.82, 2.24) is 9.44 Å². The van der Waals surface area contributed by atoms with Crippen LogP contribution in [0.4, 0.5) is 0 Å². The fraction of sp³-hybridized carbons (Fsp3) is 0.333. The van der Waals surface area contributed by atoms with Gasteiger partial charge in [-0.2, -0.15) is 0 Å². The molecule has 2 rings (SSSR count). The first-order valence-corrected chi connectivity index (χ1v) is 12.0. The van der Waals surface area contributed by atoms with E-state index >= 15 is 0 Å². The summed E-state index contributed by atoms with van der Waals surface area (Å²) in [5.74, 6) is -3.52. The zero-order valence-electron chi connectivity index (χ0n) is 16.0. The Kier molecular flexibility index (Phi) is 7.53. The van der Waals surface area contributed by atoms with Crippen molar-refractivity contribution < 1.29 is 36.6 Å². The number of carboxylic acid groups (broad SMARTS) is 2. The number of benzene rings is 2. The summed E-state index contributed by atoms with van der Waals surface area (Å²) in [6, 6.07) is 8.93. The fourth-order valence-electron chi connectivity index (χ4n) is 2.80. The fourth-order valence-corrected chi connectivity index (χ4v) is 5.67. The molecule has 0 heterocycles. The number of carboxylic acids is 2. The van der Waals surface area contributed by atoms with Gasteiger partial charge in [-0.25, -0.2) is 26.3 Å². The van der Waals surface area contributed by atoms with Crippen molar-refractivity contribution in [3.8, 4) is 0 Å². The van der Waals surface area contributed by atoms with E-state index in [-0.39, 0.29) is 4.90 Å². The Morgan fingerprint density at radius 1 is 0.967 bits per heavy atom. The number of hydrogen-bond donors (Lipinski definition) is 4. The molecule has 10 nitrogen and oxygen atoms in total. The maximum atomic E-state index is 12.6. The summed E-state index contributed by atoms with van der Waals surface area (Å²) in [5, 5.41) is 19.3. The second kappa shape index (κ2) is 9.51. The summed E-state index contributed by atoms with van der Waals surface area (Å²) in [6.07, 6.45) is -0.981. The summed E-state index contributed by atoms with van der Waals surface area (Å²) in [4.78, 5) is 21.7. The minimum absolute atomic E-state index is 0.0386. The molecule has 2 atom stereocenters. The van der Waals surface area contributed by atoms with Crippen LogP contribution in [0.3, 0.4) is 0 Å². The molecule has 0 unspecified atom stereocenters. The average molecular weight is 459 g/mol. The maximum Gasteiger partial charge on any atom is 0.321 e. The van der Waals surface area contributed by atoms with Crippen LogP contribution in [-0.2, 0) is 29.6 Å². The van der Waals surface area contributed by atoms with Crippen LogP contribution in [0.1, 0.15) is 19.8 Å². The van der Waals surface area contributed by atoms with Gasteiger partial charge < -0.3 is 10.2 Å². The maximum absolute atomic E-state index is 12.6. The van der Waals surface area contributed by atoms with Crippen LogP contribution in [0.2, 0.25) is 0 Å². The van der Waals surface area contributed by atoms with E-state index in [0.717, 1.165) is 5.39 Å². The van der Waals surface area contributed by atoms with Crippen molar-refractivity contribution in [3.63, 3.8) is 0 Å². The largest absolute Gasteiger partial charge is 0.481 e. The second-order valence-corrected chi connectivity index (χ2v) is 10.3. The zero-order valence-corrected chi connectivity index (χ0v) is 17.6. The summed E-state index contributed by atoms with van der Waals surface area (Å²) >= 11 is 0. The van der Waals surface area contributed by atoms with Gasteiger partial charge in [-0.05, 0) is 36.2 Å². The highest BCUT2D eigenvalue weighted by Crippen LogP contribution is 2.19. The summed E-state index contributed by atoms with van der Waals surface area (Å²) in [7, 11) is -8.24. The Morgan fingerprint density at radius 2 is 1.60 bits per heavy atom. The number of fused-ring (bicyclic) bond motifs is 1. The van der Waals surface area contributed by atoms with Gasteiger partial charge in [0.2, 0.25) is 20.0 Å². The SMILES string of the molecule is C[C@@H](CS(=O)(=O)N[C@H](CCC(=O)O)C(=O)O)NS(=O)(=O)c1ccc2ccccc2c1. The molecule has 0 spiro atoms. The van der Waals surface area contributed by atoms with Crippen LogP contribution >= 0.6 is 0 Å². The van der Waals surface area contributed by atoms with Crippen LogP contribution in [-0.4, -0.2) is 56.8 Å². The quantitative estimate of drug-likeness (QED) is 0.382. The van der Waals surface area contributed by atoms with Gasteiger partial charge in [0.25, 0.3) is 0 Å². The molecule has 0 saturated carbocycles. The first-order valence-electron chi connectivity index (χ1n) is 8.85. The molecule has 164 valence electrons. The summed E-state index contributed by atoms with van der Waals surface area (Å²) in [6.45, 7) is 1.32. The Labute approximate surface area is 174 Å². The Balaban J connectivity index is 2.08. The molecule has 0 bridgehead atoms. The van der Waals surface area contributed by atoms with Crippen molar-refractivity contribution in [1.29, 1.82) is 0 Å². The van der Waals surface area contributed by atoms with Crippen molar-refractivity contribution in [2.75, 3.05) is 5.75 Å². The third-order valence-electron chi connectivity index (χ3n) is 4.12. The standard InChI is InChI=1S/C18H22N2O8S2/c1-12(11-29(25,26)20-16(18(23)24)8-9-17(21)22)19-30(27,28)15-7-6-13-4-2-3-5-14(13)10-15/h2-7,10,12,16,19-20H,8-9,11H2,1H3,(H,21,22)(H,23,24)/t12-,16+/m0/s1. The number of nitrogens with one attached hydrogen (secondary N) is 2. The number of rotatable bonds is 11. The molecule has 2 aromatic carbocycles. The highest BCUT2D eigenvalue weighted by atomic mass is 32.2. The Hall–Kier alpha value is -2.54. The molecule has 0 aromatic heterocycles. The lowest BCUT2D eigenvalue weighted by Crippen LogP contribution is -2.46. The van der Waals surface area contributed by atoms with Crippen LogP contribution in [0.25, 0.3) is 10.8 Å². The second-order valence-electron chi connectivity index (χ2n) is 6.75. The number of aliphatic carboxylic acids is 2. The highest BCUT2D eigenvalue weighted by molar-refractivity contribution is 7.90. The van der Waals surface area contributed by atoms with E-state index in [1.54, 1.807) is 18.2 Å². The van der Waals surface area contributed by atoms with Crippen LogP contribution < -0.4 is 9.44 Å². The molecule has 0 aliphatic carbocycles. The van der Waals surface area contributed by atoms with Crippen LogP contribution in [0.5, 0.6) is 0 Å². The van der Waals surface area contributed by atoms with Gasteiger partial charge in [0.05, 0.1) is 10.6 Å². The van der Waals surface area contributed by atoms with E-state index in [1.807, 2.05) is 16.9 Å². The lowest BCUT2D eigenvalue weighted by atomic mass is 10.1. The molecular weight excluding hydrogens is 436 g/mol. The van der Waals surface area contributed by atoms with E-state index < -0.39 is 62.7 Å². The first kappa shape index (κ1) is 23.7. The average Bonchev–Trinajstić information content (AvgIpc) is 2.63. The molecule has 0 radical (unpaired) electrons. The van der Waals surface area contributed by atoms with Gasteiger partial charge in [0.15, 0.2) is 0 Å². The minimum Gasteiger partial charge on any atom is -0.481 e. The van der Waals surface area contributed by atoms with Gasteiger partial charge in [0, 0.05) is 12.5 Å². The topological polar surface area (TPSA) is 167 Å². The number of carbonyl (C=O) groups is 2. The zero-order chi connectivity index (χ0) is 22.5. The van der Waals surface area contributed by atoms with Crippen LogP contribution in [0, 0.1) is 0 Å². The first-order chi connectivity index (χ1) is 13.9. The third kappa shape index (κ3) is 6.76. The Bertz CT molecular complexity index is 1150. The van der Waals surface area contributed by atoms with Gasteiger partial charge >= 0.3 is 11.9 Å². The van der Waals surface area contributed by atoms with Gasteiger partial charge in [-0.15, -0.1) is 0 Å². The summed E-state index contributed by atoms with van der Waals surface area (Å²) < 4.78 is 53.8.